The van der Waals surface area contributed by atoms with E-state index in [0.29, 0.717) is 12.8 Å². The first kappa shape index (κ1) is 25.8. The summed E-state index contributed by atoms with van der Waals surface area (Å²) in [7, 11) is 0. The van der Waals surface area contributed by atoms with Crippen molar-refractivity contribution in [3.63, 3.8) is 0 Å². The van der Waals surface area contributed by atoms with Crippen LogP contribution in [-0.4, -0.2) is 11.9 Å². The zero-order chi connectivity index (χ0) is 27.0. The molecule has 0 aliphatic heterocycles. The van der Waals surface area contributed by atoms with Gasteiger partial charge in [-0.05, 0) is 0 Å². The van der Waals surface area contributed by atoms with Gasteiger partial charge in [0.1, 0.15) is 0 Å². The molecule has 6 rings (SSSR count). The fourth-order valence-corrected chi connectivity index (χ4v) is 11.6. The van der Waals surface area contributed by atoms with Gasteiger partial charge in [-0.3, -0.25) is 0 Å². The molecule has 5 heteroatoms. The van der Waals surface area contributed by atoms with E-state index in [1.807, 2.05) is 38.1 Å². The molecule has 4 aromatic rings. The first-order chi connectivity index (χ1) is 19.1. The van der Waals surface area contributed by atoms with Crippen molar-refractivity contribution in [1.29, 1.82) is 0 Å². The van der Waals surface area contributed by atoms with Gasteiger partial charge in [-0.2, -0.15) is 0 Å². The molecule has 0 atom stereocenters. The third-order valence-electron chi connectivity index (χ3n) is 7.83. The Balaban J connectivity index is 1.62. The van der Waals surface area contributed by atoms with Gasteiger partial charge in [0.25, 0.3) is 0 Å². The van der Waals surface area contributed by atoms with Crippen molar-refractivity contribution in [3.05, 3.63) is 107 Å². The van der Waals surface area contributed by atoms with E-state index in [-0.39, 0.29) is 24.8 Å². The molecule has 0 saturated heterocycles. The Morgan fingerprint density at radius 1 is 0.590 bits per heavy atom. The first-order valence-corrected chi connectivity index (χ1v) is 16.7. The molecule has 0 spiro atoms. The van der Waals surface area contributed by atoms with Crippen molar-refractivity contribution in [2.24, 2.45) is 0 Å². The van der Waals surface area contributed by atoms with Crippen molar-refractivity contribution in [3.8, 4) is 22.3 Å². The summed E-state index contributed by atoms with van der Waals surface area (Å²) in [4.78, 5) is 26.8. The average Bonchev–Trinajstić information content (AvgIpc) is 3.51. The minimum absolute atomic E-state index is 0.281. The minimum atomic E-state index is -4.59. The van der Waals surface area contributed by atoms with E-state index < -0.39 is 17.4 Å². The molecule has 0 saturated carbocycles. The third-order valence-corrected chi connectivity index (χ3v) is 13.1. The quantitative estimate of drug-likeness (QED) is 0.204. The number of benzene rings is 4. The molecule has 4 aromatic carbocycles. The van der Waals surface area contributed by atoms with Crippen LogP contribution in [0.1, 0.15) is 61.8 Å². The van der Waals surface area contributed by atoms with E-state index in [1.54, 1.807) is 0 Å². The number of fused-ring (bicyclic) bond motifs is 6. The molecule has 2 aliphatic carbocycles. The Morgan fingerprint density at radius 3 is 1.44 bits per heavy atom. The van der Waals surface area contributed by atoms with E-state index in [9.17, 15) is 9.59 Å². The molecular formula is C34H32O4Ti. The van der Waals surface area contributed by atoms with Crippen LogP contribution in [0, 0.1) is 0 Å². The maximum atomic E-state index is 13.4. The van der Waals surface area contributed by atoms with Crippen LogP contribution in [0.25, 0.3) is 22.3 Å². The van der Waals surface area contributed by atoms with Crippen LogP contribution in [-0.2, 0) is 46.4 Å². The van der Waals surface area contributed by atoms with Gasteiger partial charge in [0.05, 0.1) is 0 Å². The van der Waals surface area contributed by atoms with Gasteiger partial charge in [-0.1, -0.05) is 0 Å². The molecule has 0 amide bonds. The maximum absolute atomic E-state index is 13.4. The molecular weight excluding hydrogens is 520 g/mol. The van der Waals surface area contributed by atoms with Gasteiger partial charge < -0.3 is 0 Å². The van der Waals surface area contributed by atoms with Crippen LogP contribution in [0.4, 0.5) is 0 Å². The van der Waals surface area contributed by atoms with Crippen LogP contribution < -0.4 is 7.74 Å². The van der Waals surface area contributed by atoms with E-state index in [4.69, 9.17) is 6.64 Å². The Kier molecular flexibility index (Phi) is 7.01. The molecule has 196 valence electrons. The monoisotopic (exact) mass is 552 g/mol. The second-order valence-electron chi connectivity index (χ2n) is 10.4. The van der Waals surface area contributed by atoms with Crippen LogP contribution in [0.2, 0.25) is 0 Å². The summed E-state index contributed by atoms with van der Waals surface area (Å²) in [6.07, 6.45) is 3.33. The first-order valence-electron chi connectivity index (χ1n) is 13.9. The number of carbonyl (C=O) groups is 2. The fourth-order valence-electron chi connectivity index (χ4n) is 6.15. The third kappa shape index (κ3) is 4.46. The summed E-state index contributed by atoms with van der Waals surface area (Å²) in [5.74, 6) is -0.606. The topological polar surface area (TPSA) is 52.6 Å². The van der Waals surface area contributed by atoms with Crippen molar-refractivity contribution in [2.45, 2.75) is 52.4 Å². The second-order valence-corrected chi connectivity index (χ2v) is 14.6. The zero-order valence-electron chi connectivity index (χ0n) is 22.5. The summed E-state index contributed by atoms with van der Waals surface area (Å²) in [5, 5.41) is 0. The van der Waals surface area contributed by atoms with Crippen LogP contribution in [0.5, 0.6) is 0 Å². The Morgan fingerprint density at radius 2 is 1.00 bits per heavy atom. The van der Waals surface area contributed by atoms with Gasteiger partial charge in [0.15, 0.2) is 0 Å². The Hall–Kier alpha value is -3.47. The number of rotatable bonds is 8. The molecule has 0 radical (unpaired) electrons. The van der Waals surface area contributed by atoms with Crippen molar-refractivity contribution < 1.29 is 33.6 Å². The number of hydrogen-bond donors (Lipinski definition) is 0. The van der Waals surface area contributed by atoms with E-state index in [1.165, 1.54) is 22.3 Å². The molecule has 0 fully saturated rings. The second kappa shape index (κ2) is 10.6. The Bertz CT molecular complexity index is 1470. The molecule has 0 N–H and O–H groups in total. The SMILES string of the molecule is CCCC(=O)[O][Ti]([O]C(=O)CCC)([c]1cccc2c1Cc1ccccc1-2)[c]1cccc2c1Cc1ccccc1-2. The van der Waals surface area contributed by atoms with Gasteiger partial charge in [0, 0.05) is 0 Å². The zero-order valence-corrected chi connectivity index (χ0v) is 24.0. The summed E-state index contributed by atoms with van der Waals surface area (Å²) < 4.78 is 15.1. The standard InChI is InChI=1S/2C13H9.2C4H8O2.Ti/c2*1-3-7-12-10(5-1)9-11-6-2-4-8-13(11)12;2*1-2-3-4(5)6;/h2*1-5,7-8H,9H2;2*2-3H2,1H3,(H,5,6);/q;;;;+2/p-2. The Labute approximate surface area is 234 Å². The van der Waals surface area contributed by atoms with E-state index in [0.717, 1.165) is 42.8 Å². The molecule has 0 unspecified atom stereocenters. The van der Waals surface area contributed by atoms with Crippen molar-refractivity contribution in [2.75, 3.05) is 0 Å². The van der Waals surface area contributed by atoms with Crippen LogP contribution in [0.3, 0.4) is 0 Å². The van der Waals surface area contributed by atoms with Gasteiger partial charge in [-0.15, -0.1) is 0 Å². The molecule has 0 bridgehead atoms. The summed E-state index contributed by atoms with van der Waals surface area (Å²) >= 11 is -4.59. The molecule has 39 heavy (non-hydrogen) atoms. The number of hydrogen-bond acceptors (Lipinski definition) is 4. The van der Waals surface area contributed by atoms with Gasteiger partial charge >= 0.3 is 235 Å². The summed E-state index contributed by atoms with van der Waals surface area (Å²) in [6, 6.07) is 29.2. The summed E-state index contributed by atoms with van der Waals surface area (Å²) in [6.45, 7) is 3.93. The number of carbonyl (C=O) groups excluding carboxylic acids is 2. The van der Waals surface area contributed by atoms with Gasteiger partial charge in [-0.25, -0.2) is 0 Å². The predicted octanol–water partition coefficient (Wildman–Crippen LogP) is 6.45. The van der Waals surface area contributed by atoms with Gasteiger partial charge in [0.2, 0.25) is 0 Å². The van der Waals surface area contributed by atoms with Crippen molar-refractivity contribution in [1.82, 2.24) is 0 Å². The molecule has 2 aliphatic rings. The molecule has 0 aromatic heterocycles. The summed E-state index contributed by atoms with van der Waals surface area (Å²) in [5.41, 5.74) is 9.34. The fraction of sp³-hybridized carbons (Fsp3) is 0.235. The molecule has 0 heterocycles. The normalized spacial score (nSPS) is 12.8. The van der Waals surface area contributed by atoms with E-state index in [2.05, 4.69) is 60.7 Å². The molecule has 4 nitrogen and oxygen atoms in total. The predicted molar refractivity (Wildman–Crippen MR) is 151 cm³/mol. The average molecular weight is 552 g/mol. The van der Waals surface area contributed by atoms with Crippen LogP contribution >= 0.6 is 0 Å². The van der Waals surface area contributed by atoms with Crippen LogP contribution in [0.15, 0.2) is 84.9 Å². The van der Waals surface area contributed by atoms with E-state index >= 15 is 0 Å². The van der Waals surface area contributed by atoms with Crippen molar-refractivity contribution >= 4 is 19.7 Å².